The number of nitrogens with one attached hydrogen (secondary N) is 2. The van der Waals surface area contributed by atoms with Gasteiger partial charge >= 0.3 is 0 Å². The van der Waals surface area contributed by atoms with E-state index in [4.69, 9.17) is 5.73 Å². The van der Waals surface area contributed by atoms with Gasteiger partial charge in [0, 0.05) is 22.8 Å². The molecule has 4 rings (SSSR count). The lowest BCUT2D eigenvalue weighted by atomic mass is 10.0. The molecule has 1 unspecified atom stereocenters. The zero-order valence-electron chi connectivity index (χ0n) is 13.7. The van der Waals surface area contributed by atoms with E-state index in [9.17, 15) is 4.79 Å². The van der Waals surface area contributed by atoms with E-state index in [0.29, 0.717) is 6.42 Å². The van der Waals surface area contributed by atoms with Gasteiger partial charge in [-0.1, -0.05) is 48.5 Å². The van der Waals surface area contributed by atoms with Crippen LogP contribution in [0.15, 0.2) is 72.9 Å². The largest absolute Gasteiger partial charge is 0.361 e. The van der Waals surface area contributed by atoms with Crippen LogP contribution < -0.4 is 11.1 Å². The number of H-pyrrole nitrogens is 1. The molecule has 0 fully saturated rings. The van der Waals surface area contributed by atoms with Gasteiger partial charge in [0.2, 0.25) is 5.91 Å². The first-order valence-corrected chi connectivity index (χ1v) is 8.31. The quantitative estimate of drug-likeness (QED) is 0.532. The predicted octanol–water partition coefficient (Wildman–Crippen LogP) is 3.83. The van der Waals surface area contributed by atoms with Gasteiger partial charge in [0.05, 0.1) is 6.04 Å². The summed E-state index contributed by atoms with van der Waals surface area (Å²) in [5, 5.41) is 6.26. The third-order valence-corrected chi connectivity index (χ3v) is 4.47. The molecule has 0 saturated heterocycles. The molecule has 0 spiro atoms. The molecule has 4 aromatic rings. The molecular weight excluding hydrogens is 310 g/mol. The fraction of sp³-hybridized carbons (Fsp3) is 0.0952. The number of hydrogen-bond donors (Lipinski definition) is 3. The number of carbonyl (C=O) groups is 1. The summed E-state index contributed by atoms with van der Waals surface area (Å²) in [6.07, 6.45) is 2.41. The average Bonchev–Trinajstić information content (AvgIpc) is 3.04. The fourth-order valence-corrected chi connectivity index (χ4v) is 3.13. The Balaban J connectivity index is 1.49. The van der Waals surface area contributed by atoms with Gasteiger partial charge in [0.1, 0.15) is 0 Å². The Morgan fingerprint density at radius 1 is 1.00 bits per heavy atom. The Morgan fingerprint density at radius 2 is 1.76 bits per heavy atom. The second-order valence-electron chi connectivity index (χ2n) is 6.22. The maximum atomic E-state index is 12.5. The molecule has 1 aromatic heterocycles. The topological polar surface area (TPSA) is 70.9 Å². The molecule has 0 aliphatic carbocycles. The van der Waals surface area contributed by atoms with Crippen LogP contribution in [0.3, 0.4) is 0 Å². The van der Waals surface area contributed by atoms with E-state index in [1.807, 2.05) is 72.9 Å². The summed E-state index contributed by atoms with van der Waals surface area (Å²) in [5.74, 6) is -0.180. The maximum Gasteiger partial charge on any atom is 0.241 e. The first kappa shape index (κ1) is 15.4. The molecule has 1 amide bonds. The Morgan fingerprint density at radius 3 is 2.64 bits per heavy atom. The van der Waals surface area contributed by atoms with Crippen molar-refractivity contribution in [2.24, 2.45) is 5.73 Å². The van der Waals surface area contributed by atoms with Crippen molar-refractivity contribution in [3.8, 4) is 0 Å². The highest BCUT2D eigenvalue weighted by Crippen LogP contribution is 2.21. The number of nitrogens with two attached hydrogens (primary N) is 1. The molecule has 3 aromatic carbocycles. The summed E-state index contributed by atoms with van der Waals surface area (Å²) in [6.45, 7) is 0. The van der Waals surface area contributed by atoms with E-state index in [2.05, 4.69) is 10.3 Å². The van der Waals surface area contributed by atoms with E-state index < -0.39 is 6.04 Å². The number of carbonyl (C=O) groups excluding carboxylic acids is 1. The predicted molar refractivity (Wildman–Crippen MR) is 103 cm³/mol. The molecule has 25 heavy (non-hydrogen) atoms. The minimum atomic E-state index is -0.606. The first-order valence-electron chi connectivity index (χ1n) is 8.31. The van der Waals surface area contributed by atoms with Crippen LogP contribution in [0, 0.1) is 0 Å². The highest BCUT2D eigenvalue weighted by atomic mass is 16.2. The van der Waals surface area contributed by atoms with E-state index >= 15 is 0 Å². The van der Waals surface area contributed by atoms with Crippen LogP contribution in [0.5, 0.6) is 0 Å². The van der Waals surface area contributed by atoms with Crippen LogP contribution in [-0.4, -0.2) is 16.9 Å². The van der Waals surface area contributed by atoms with Crippen molar-refractivity contribution >= 4 is 33.3 Å². The molecular formula is C21H19N3O. The normalized spacial score (nSPS) is 12.4. The monoisotopic (exact) mass is 329 g/mol. The van der Waals surface area contributed by atoms with Crippen molar-refractivity contribution in [3.63, 3.8) is 0 Å². The van der Waals surface area contributed by atoms with Crippen LogP contribution in [-0.2, 0) is 11.2 Å². The van der Waals surface area contributed by atoms with Crippen molar-refractivity contribution in [2.45, 2.75) is 12.5 Å². The summed E-state index contributed by atoms with van der Waals surface area (Å²) in [5.41, 5.74) is 9.00. The van der Waals surface area contributed by atoms with Crippen LogP contribution in [0.25, 0.3) is 21.7 Å². The SMILES string of the molecule is NC(Cc1c[nH]c2ccccc12)C(=O)Nc1ccc2ccccc2c1. The average molecular weight is 329 g/mol. The Bertz CT molecular complexity index is 1050. The van der Waals surface area contributed by atoms with E-state index in [0.717, 1.165) is 32.9 Å². The van der Waals surface area contributed by atoms with Gasteiger partial charge < -0.3 is 16.0 Å². The molecule has 1 heterocycles. The van der Waals surface area contributed by atoms with Crippen LogP contribution >= 0.6 is 0 Å². The number of anilines is 1. The summed E-state index contributed by atoms with van der Waals surface area (Å²) in [4.78, 5) is 15.7. The summed E-state index contributed by atoms with van der Waals surface area (Å²) >= 11 is 0. The lowest BCUT2D eigenvalue weighted by Gasteiger charge is -2.12. The van der Waals surface area contributed by atoms with Gasteiger partial charge in [0.15, 0.2) is 0 Å². The Labute approximate surface area is 145 Å². The highest BCUT2D eigenvalue weighted by molar-refractivity contribution is 5.97. The van der Waals surface area contributed by atoms with Crippen LogP contribution in [0.2, 0.25) is 0 Å². The molecule has 0 saturated carbocycles. The van der Waals surface area contributed by atoms with E-state index in [1.165, 1.54) is 0 Å². The molecule has 0 bridgehead atoms. The number of aromatic nitrogens is 1. The first-order chi connectivity index (χ1) is 12.2. The second-order valence-corrected chi connectivity index (χ2v) is 6.22. The lowest BCUT2D eigenvalue weighted by Crippen LogP contribution is -2.37. The third-order valence-electron chi connectivity index (χ3n) is 4.47. The lowest BCUT2D eigenvalue weighted by molar-refractivity contribution is -0.117. The van der Waals surface area contributed by atoms with Gasteiger partial charge in [-0.25, -0.2) is 0 Å². The smallest absolute Gasteiger partial charge is 0.241 e. The summed E-state index contributed by atoms with van der Waals surface area (Å²) < 4.78 is 0. The van der Waals surface area contributed by atoms with E-state index in [-0.39, 0.29) is 5.91 Å². The number of rotatable bonds is 4. The van der Waals surface area contributed by atoms with Gasteiger partial charge in [-0.05, 0) is 41.0 Å². The molecule has 124 valence electrons. The molecule has 0 aliphatic rings. The number of para-hydroxylation sites is 1. The van der Waals surface area contributed by atoms with Gasteiger partial charge in [-0.15, -0.1) is 0 Å². The minimum Gasteiger partial charge on any atom is -0.361 e. The summed E-state index contributed by atoms with van der Waals surface area (Å²) in [7, 11) is 0. The number of amides is 1. The molecule has 0 radical (unpaired) electrons. The molecule has 1 atom stereocenters. The molecule has 4 heteroatoms. The zero-order valence-corrected chi connectivity index (χ0v) is 13.7. The minimum absolute atomic E-state index is 0.180. The standard InChI is InChI=1S/C21H19N3O/c22-19(12-16-13-23-20-8-4-3-7-18(16)20)21(25)24-17-10-9-14-5-1-2-6-15(14)11-17/h1-11,13,19,23H,12,22H2,(H,24,25). The number of aromatic amines is 1. The summed E-state index contributed by atoms with van der Waals surface area (Å²) in [6, 6.07) is 21.3. The zero-order chi connectivity index (χ0) is 17.2. The highest BCUT2D eigenvalue weighted by Gasteiger charge is 2.16. The van der Waals surface area contributed by atoms with Crippen molar-refractivity contribution in [1.82, 2.24) is 4.98 Å². The van der Waals surface area contributed by atoms with Gasteiger partial charge in [-0.2, -0.15) is 0 Å². The van der Waals surface area contributed by atoms with Crippen molar-refractivity contribution < 1.29 is 4.79 Å². The number of fused-ring (bicyclic) bond motifs is 2. The van der Waals surface area contributed by atoms with Crippen molar-refractivity contribution in [1.29, 1.82) is 0 Å². The van der Waals surface area contributed by atoms with Crippen LogP contribution in [0.4, 0.5) is 5.69 Å². The second kappa shape index (κ2) is 6.42. The van der Waals surface area contributed by atoms with Crippen molar-refractivity contribution in [2.75, 3.05) is 5.32 Å². The maximum absolute atomic E-state index is 12.5. The number of hydrogen-bond acceptors (Lipinski definition) is 2. The molecule has 4 nitrogen and oxygen atoms in total. The third kappa shape index (κ3) is 3.12. The fourth-order valence-electron chi connectivity index (χ4n) is 3.13. The van der Waals surface area contributed by atoms with Crippen LogP contribution in [0.1, 0.15) is 5.56 Å². The van der Waals surface area contributed by atoms with Crippen molar-refractivity contribution in [3.05, 3.63) is 78.5 Å². The molecule has 0 aliphatic heterocycles. The number of benzene rings is 3. The van der Waals surface area contributed by atoms with Gasteiger partial charge in [-0.3, -0.25) is 4.79 Å². The van der Waals surface area contributed by atoms with E-state index in [1.54, 1.807) is 0 Å². The van der Waals surface area contributed by atoms with Gasteiger partial charge in [0.25, 0.3) is 0 Å². The Hall–Kier alpha value is -3.11. The molecule has 4 N–H and O–H groups in total. The Kier molecular flexibility index (Phi) is 3.96.